The maximum Gasteiger partial charge on any atom is 0.411 e. The van der Waals surface area contributed by atoms with E-state index in [9.17, 15) is 9.59 Å². The van der Waals surface area contributed by atoms with Gasteiger partial charge >= 0.3 is 6.09 Å². The van der Waals surface area contributed by atoms with E-state index < -0.39 is 17.7 Å². The van der Waals surface area contributed by atoms with Crippen LogP contribution in [0.25, 0.3) is 0 Å². The van der Waals surface area contributed by atoms with Gasteiger partial charge in [0, 0.05) is 15.8 Å². The summed E-state index contributed by atoms with van der Waals surface area (Å²) in [7, 11) is 0. The van der Waals surface area contributed by atoms with Gasteiger partial charge in [0.15, 0.2) is 0 Å². The summed E-state index contributed by atoms with van der Waals surface area (Å²) < 4.78 is 11.8. The Morgan fingerprint density at radius 3 is 2.57 bits per heavy atom. The Labute approximate surface area is 149 Å². The zero-order valence-electron chi connectivity index (χ0n) is 13.5. The largest absolute Gasteiger partial charge is 0.444 e. The number of benzene rings is 1. The number of morpholine rings is 1. The van der Waals surface area contributed by atoms with Gasteiger partial charge in [0.1, 0.15) is 11.6 Å². The molecule has 7 heteroatoms. The van der Waals surface area contributed by atoms with Crippen molar-refractivity contribution in [3.05, 3.63) is 27.8 Å². The highest BCUT2D eigenvalue weighted by Gasteiger charge is 2.35. The molecule has 126 valence electrons. The number of halogens is 1. The zero-order valence-corrected chi connectivity index (χ0v) is 15.6. The van der Waals surface area contributed by atoms with E-state index in [2.05, 4.69) is 27.9 Å². The second kappa shape index (κ2) is 7.48. The van der Waals surface area contributed by atoms with Crippen molar-refractivity contribution in [1.29, 1.82) is 0 Å². The predicted molar refractivity (Wildman–Crippen MR) is 95.3 cm³/mol. The number of nitrogens with one attached hydrogen (secondary N) is 1. The molecule has 1 aromatic carbocycles. The number of anilines is 1. The number of carbonyl (C=O) groups excluding carboxylic acids is 2. The zero-order chi connectivity index (χ0) is 17.0. The minimum Gasteiger partial charge on any atom is -0.444 e. The van der Waals surface area contributed by atoms with Gasteiger partial charge in [-0.2, -0.15) is 0 Å². The summed E-state index contributed by atoms with van der Waals surface area (Å²) in [5.74, 6) is -0.281. The minimum atomic E-state index is -0.696. The third-order valence-corrected chi connectivity index (χ3v) is 3.89. The van der Waals surface area contributed by atoms with Crippen LogP contribution in [0.5, 0.6) is 0 Å². The SMILES string of the molecule is CC(C)(C)OC(=O)N1CCOCC1C(=O)Nc1ccc(I)cc1. The second-order valence-electron chi connectivity index (χ2n) is 6.26. The van der Waals surface area contributed by atoms with E-state index in [0.29, 0.717) is 18.8 Å². The van der Waals surface area contributed by atoms with Gasteiger partial charge in [-0.25, -0.2) is 4.79 Å². The molecule has 2 rings (SSSR count). The molecule has 1 saturated heterocycles. The summed E-state index contributed by atoms with van der Waals surface area (Å²) in [5, 5.41) is 2.81. The normalized spacial score (nSPS) is 18.4. The molecule has 1 atom stereocenters. The Morgan fingerprint density at radius 1 is 1.30 bits per heavy atom. The highest BCUT2D eigenvalue weighted by molar-refractivity contribution is 14.1. The van der Waals surface area contributed by atoms with Gasteiger partial charge in [0.25, 0.3) is 0 Å². The van der Waals surface area contributed by atoms with Crippen LogP contribution in [0.4, 0.5) is 10.5 Å². The molecule has 1 aliphatic heterocycles. The summed E-state index contributed by atoms with van der Waals surface area (Å²) in [4.78, 5) is 26.2. The number of hydrogen-bond donors (Lipinski definition) is 1. The molecule has 0 spiro atoms. The first-order chi connectivity index (χ1) is 10.8. The highest BCUT2D eigenvalue weighted by Crippen LogP contribution is 2.17. The minimum absolute atomic E-state index is 0.162. The Kier molecular flexibility index (Phi) is 5.85. The predicted octanol–water partition coefficient (Wildman–Crippen LogP) is 2.87. The van der Waals surface area contributed by atoms with E-state index in [1.165, 1.54) is 4.90 Å². The number of carbonyl (C=O) groups is 2. The third kappa shape index (κ3) is 5.35. The van der Waals surface area contributed by atoms with Gasteiger partial charge in [-0.3, -0.25) is 9.69 Å². The molecule has 23 heavy (non-hydrogen) atoms. The summed E-state index contributed by atoms with van der Waals surface area (Å²) >= 11 is 2.20. The van der Waals surface area contributed by atoms with Crippen LogP contribution in [0.15, 0.2) is 24.3 Å². The topological polar surface area (TPSA) is 67.9 Å². The molecule has 0 aromatic heterocycles. The van der Waals surface area contributed by atoms with Crippen LogP contribution in [0, 0.1) is 3.57 Å². The number of hydrogen-bond acceptors (Lipinski definition) is 4. The average molecular weight is 432 g/mol. The molecule has 1 fully saturated rings. The summed E-state index contributed by atoms with van der Waals surface area (Å²) in [6.45, 7) is 6.28. The molecule has 6 nitrogen and oxygen atoms in total. The van der Waals surface area contributed by atoms with Crippen molar-refractivity contribution in [2.75, 3.05) is 25.1 Å². The van der Waals surface area contributed by atoms with Crippen molar-refractivity contribution in [2.24, 2.45) is 0 Å². The standard InChI is InChI=1S/C16H21IN2O4/c1-16(2,3)23-15(21)19-8-9-22-10-13(19)14(20)18-12-6-4-11(17)5-7-12/h4-7,13H,8-10H2,1-3H3,(H,18,20). The number of rotatable bonds is 2. The van der Waals surface area contributed by atoms with Crippen LogP contribution in [0.2, 0.25) is 0 Å². The molecule has 0 bridgehead atoms. The first-order valence-electron chi connectivity index (χ1n) is 7.40. The fourth-order valence-electron chi connectivity index (χ4n) is 2.12. The molecule has 2 amide bonds. The van der Waals surface area contributed by atoms with Gasteiger partial charge in [0.05, 0.1) is 13.2 Å². The lowest BCUT2D eigenvalue weighted by Gasteiger charge is -2.35. The van der Waals surface area contributed by atoms with Crippen LogP contribution in [-0.4, -0.2) is 48.3 Å². The Hall–Kier alpha value is -1.35. The van der Waals surface area contributed by atoms with Gasteiger partial charge in [0.2, 0.25) is 5.91 Å². The molecule has 1 N–H and O–H groups in total. The van der Waals surface area contributed by atoms with Gasteiger partial charge in [-0.15, -0.1) is 0 Å². The molecule has 0 radical (unpaired) electrons. The third-order valence-electron chi connectivity index (χ3n) is 3.17. The summed E-state index contributed by atoms with van der Waals surface area (Å²) in [6.07, 6.45) is -0.497. The molecule has 0 aliphatic carbocycles. The van der Waals surface area contributed by atoms with E-state index >= 15 is 0 Å². The van der Waals surface area contributed by atoms with E-state index in [1.807, 2.05) is 24.3 Å². The molecule has 0 saturated carbocycles. The Morgan fingerprint density at radius 2 is 1.96 bits per heavy atom. The summed E-state index contributed by atoms with van der Waals surface area (Å²) in [6, 6.07) is 6.75. The second-order valence-corrected chi connectivity index (χ2v) is 7.51. The van der Waals surface area contributed by atoms with E-state index in [0.717, 1.165) is 3.57 Å². The first-order valence-corrected chi connectivity index (χ1v) is 8.48. The maximum atomic E-state index is 12.5. The monoisotopic (exact) mass is 432 g/mol. The van der Waals surface area contributed by atoms with E-state index in [1.54, 1.807) is 20.8 Å². The van der Waals surface area contributed by atoms with Crippen LogP contribution < -0.4 is 5.32 Å². The van der Waals surface area contributed by atoms with Crippen LogP contribution in [0.1, 0.15) is 20.8 Å². The maximum absolute atomic E-state index is 12.5. The lowest BCUT2D eigenvalue weighted by Crippen LogP contribution is -2.55. The van der Waals surface area contributed by atoms with Crippen LogP contribution in [-0.2, 0) is 14.3 Å². The lowest BCUT2D eigenvalue weighted by atomic mass is 10.2. The molecule has 1 unspecified atom stereocenters. The quantitative estimate of drug-likeness (QED) is 0.731. The molecule has 1 aromatic rings. The average Bonchev–Trinajstić information content (AvgIpc) is 2.48. The molecular weight excluding hydrogens is 411 g/mol. The van der Waals surface area contributed by atoms with Crippen LogP contribution >= 0.6 is 22.6 Å². The van der Waals surface area contributed by atoms with Crippen molar-refractivity contribution in [3.8, 4) is 0 Å². The molecule has 1 aliphatic rings. The van der Waals surface area contributed by atoms with Crippen LogP contribution in [0.3, 0.4) is 0 Å². The number of amides is 2. The van der Waals surface area contributed by atoms with Gasteiger partial charge in [-0.1, -0.05) is 0 Å². The van der Waals surface area contributed by atoms with Crippen molar-refractivity contribution < 1.29 is 19.1 Å². The molecule has 1 heterocycles. The Balaban J connectivity index is 2.06. The number of ether oxygens (including phenoxy) is 2. The first kappa shape index (κ1) is 18.0. The van der Waals surface area contributed by atoms with Gasteiger partial charge in [-0.05, 0) is 67.6 Å². The van der Waals surface area contributed by atoms with E-state index in [4.69, 9.17) is 9.47 Å². The van der Waals surface area contributed by atoms with E-state index in [-0.39, 0.29) is 12.5 Å². The smallest absolute Gasteiger partial charge is 0.411 e. The van der Waals surface area contributed by atoms with Gasteiger partial charge < -0.3 is 14.8 Å². The Bertz CT molecular complexity index is 568. The number of nitrogens with zero attached hydrogens (tertiary/aromatic N) is 1. The lowest BCUT2D eigenvalue weighted by molar-refractivity contribution is -0.127. The van der Waals surface area contributed by atoms with Crippen molar-refractivity contribution in [3.63, 3.8) is 0 Å². The summed E-state index contributed by atoms with van der Waals surface area (Å²) in [5.41, 5.74) is 0.0807. The highest BCUT2D eigenvalue weighted by atomic mass is 127. The fraction of sp³-hybridized carbons (Fsp3) is 0.500. The van der Waals surface area contributed by atoms with Crippen molar-refractivity contribution in [2.45, 2.75) is 32.4 Å². The fourth-order valence-corrected chi connectivity index (χ4v) is 2.48. The molecular formula is C16H21IN2O4. The van der Waals surface area contributed by atoms with Crippen molar-refractivity contribution in [1.82, 2.24) is 4.90 Å². The van der Waals surface area contributed by atoms with Crippen molar-refractivity contribution >= 4 is 40.3 Å².